The predicted molar refractivity (Wildman–Crippen MR) is 79.2 cm³/mol. The molecule has 1 unspecified atom stereocenters. The minimum atomic E-state index is 0.329. The van der Waals surface area contributed by atoms with Crippen LogP contribution in [-0.4, -0.2) is 22.8 Å². The third-order valence-corrected chi connectivity index (χ3v) is 3.58. The number of hydrogen-bond acceptors (Lipinski definition) is 5. The first kappa shape index (κ1) is 13.8. The van der Waals surface area contributed by atoms with Crippen molar-refractivity contribution < 1.29 is 9.47 Å². The van der Waals surface area contributed by atoms with Crippen molar-refractivity contribution in [3.63, 3.8) is 0 Å². The fourth-order valence-electron chi connectivity index (χ4n) is 2.28. The number of aromatic nitrogens is 2. The Kier molecular flexibility index (Phi) is 4.31. The molecule has 2 aromatic rings. The van der Waals surface area contributed by atoms with E-state index < -0.39 is 0 Å². The number of fused-ring (bicyclic) bond motifs is 1. The minimum absolute atomic E-state index is 0.329. The number of aryl methyl sites for hydroxylation is 1. The molecule has 0 spiro atoms. The summed E-state index contributed by atoms with van der Waals surface area (Å²) in [5.74, 6) is 1.70. The van der Waals surface area contributed by atoms with Gasteiger partial charge in [0.25, 0.3) is 0 Å². The molecule has 2 heterocycles. The Balaban J connectivity index is 1.46. The smallest absolute Gasteiger partial charge is 0.231 e. The zero-order valence-corrected chi connectivity index (χ0v) is 12.1. The first-order valence-electron chi connectivity index (χ1n) is 7.18. The van der Waals surface area contributed by atoms with Crippen LogP contribution in [0.15, 0.2) is 36.8 Å². The van der Waals surface area contributed by atoms with Gasteiger partial charge in [0.2, 0.25) is 6.79 Å². The lowest BCUT2D eigenvalue weighted by Gasteiger charge is -2.13. The van der Waals surface area contributed by atoms with Crippen LogP contribution in [-0.2, 0) is 13.0 Å². The first-order chi connectivity index (χ1) is 10.3. The van der Waals surface area contributed by atoms with Crippen LogP contribution in [0.5, 0.6) is 11.5 Å². The average Bonchev–Trinajstić information content (AvgIpc) is 2.99. The molecule has 0 fully saturated rings. The van der Waals surface area contributed by atoms with E-state index in [-0.39, 0.29) is 0 Å². The minimum Gasteiger partial charge on any atom is -0.454 e. The summed E-state index contributed by atoms with van der Waals surface area (Å²) < 4.78 is 10.7. The molecule has 1 atom stereocenters. The van der Waals surface area contributed by atoms with Crippen molar-refractivity contribution in [2.45, 2.75) is 32.4 Å². The lowest BCUT2D eigenvalue weighted by atomic mass is 10.1. The van der Waals surface area contributed by atoms with Gasteiger partial charge in [0, 0.05) is 18.8 Å². The van der Waals surface area contributed by atoms with Gasteiger partial charge in [0.1, 0.15) is 6.33 Å². The quantitative estimate of drug-likeness (QED) is 0.882. The van der Waals surface area contributed by atoms with Gasteiger partial charge in [-0.1, -0.05) is 6.07 Å². The monoisotopic (exact) mass is 285 g/mol. The molecule has 0 bridgehead atoms. The van der Waals surface area contributed by atoms with E-state index in [2.05, 4.69) is 34.3 Å². The highest BCUT2D eigenvalue weighted by atomic mass is 16.7. The maximum Gasteiger partial charge on any atom is 0.231 e. The first-order valence-corrected chi connectivity index (χ1v) is 7.18. The van der Waals surface area contributed by atoms with E-state index in [0.717, 1.165) is 36.6 Å². The Morgan fingerprint density at radius 2 is 2.14 bits per heavy atom. The Bertz CT molecular complexity index is 589. The molecular formula is C16H19N3O2. The lowest BCUT2D eigenvalue weighted by molar-refractivity contribution is 0.174. The highest BCUT2D eigenvalue weighted by Crippen LogP contribution is 2.32. The summed E-state index contributed by atoms with van der Waals surface area (Å²) >= 11 is 0. The van der Waals surface area contributed by atoms with Gasteiger partial charge in [-0.25, -0.2) is 9.97 Å². The molecule has 0 saturated carbocycles. The van der Waals surface area contributed by atoms with E-state index in [4.69, 9.17) is 9.47 Å². The van der Waals surface area contributed by atoms with Crippen LogP contribution in [0.4, 0.5) is 0 Å². The van der Waals surface area contributed by atoms with Crippen molar-refractivity contribution in [1.82, 2.24) is 15.3 Å². The third kappa shape index (κ3) is 3.70. The van der Waals surface area contributed by atoms with E-state index in [1.165, 1.54) is 5.56 Å². The molecule has 1 aliphatic rings. The van der Waals surface area contributed by atoms with E-state index in [9.17, 15) is 0 Å². The van der Waals surface area contributed by atoms with Crippen LogP contribution < -0.4 is 14.8 Å². The normalized spacial score (nSPS) is 14.1. The second-order valence-corrected chi connectivity index (χ2v) is 5.21. The molecule has 5 nitrogen and oxygen atoms in total. The average molecular weight is 285 g/mol. The van der Waals surface area contributed by atoms with Crippen molar-refractivity contribution in [2.75, 3.05) is 6.79 Å². The lowest BCUT2D eigenvalue weighted by Crippen LogP contribution is -2.26. The summed E-state index contributed by atoms with van der Waals surface area (Å²) in [6.07, 6.45) is 5.41. The van der Waals surface area contributed by atoms with E-state index in [0.29, 0.717) is 12.8 Å². The second-order valence-electron chi connectivity index (χ2n) is 5.21. The molecule has 5 heteroatoms. The molecule has 110 valence electrons. The standard InChI is InChI=1S/C16H19N3O2/c1-12(18-9-14-6-7-17-10-19-14)2-3-13-4-5-15-16(8-13)21-11-20-15/h4-8,10,12,18H,2-3,9,11H2,1H3. The molecule has 0 aliphatic carbocycles. The molecule has 1 aromatic heterocycles. The second kappa shape index (κ2) is 6.54. The van der Waals surface area contributed by atoms with Crippen molar-refractivity contribution in [3.8, 4) is 11.5 Å². The topological polar surface area (TPSA) is 56.3 Å². The van der Waals surface area contributed by atoms with Gasteiger partial charge in [-0.15, -0.1) is 0 Å². The fourth-order valence-corrected chi connectivity index (χ4v) is 2.28. The molecule has 0 saturated heterocycles. The molecule has 1 aliphatic heterocycles. The van der Waals surface area contributed by atoms with E-state index in [1.54, 1.807) is 12.5 Å². The van der Waals surface area contributed by atoms with Crippen LogP contribution in [0, 0.1) is 0 Å². The van der Waals surface area contributed by atoms with Gasteiger partial charge < -0.3 is 14.8 Å². The molecule has 1 aromatic carbocycles. The maximum atomic E-state index is 5.40. The van der Waals surface area contributed by atoms with Gasteiger partial charge in [0.15, 0.2) is 11.5 Å². The Morgan fingerprint density at radius 1 is 1.24 bits per heavy atom. The summed E-state index contributed by atoms with van der Waals surface area (Å²) in [7, 11) is 0. The molecule has 0 amide bonds. The van der Waals surface area contributed by atoms with Crippen molar-refractivity contribution in [1.29, 1.82) is 0 Å². The Labute approximate surface area is 124 Å². The van der Waals surface area contributed by atoms with Crippen LogP contribution >= 0.6 is 0 Å². The Hall–Kier alpha value is -2.14. The SMILES string of the molecule is CC(CCc1ccc2c(c1)OCO2)NCc1ccncn1. The summed E-state index contributed by atoms with van der Waals surface area (Å²) in [4.78, 5) is 8.12. The molecule has 0 radical (unpaired) electrons. The number of rotatable bonds is 6. The number of ether oxygens (including phenoxy) is 2. The third-order valence-electron chi connectivity index (χ3n) is 3.58. The number of nitrogens with zero attached hydrogens (tertiary/aromatic N) is 2. The number of nitrogens with one attached hydrogen (secondary N) is 1. The highest BCUT2D eigenvalue weighted by Gasteiger charge is 2.13. The van der Waals surface area contributed by atoms with Gasteiger partial charge in [-0.05, 0) is 43.5 Å². The van der Waals surface area contributed by atoms with Crippen molar-refractivity contribution in [2.24, 2.45) is 0 Å². The zero-order valence-electron chi connectivity index (χ0n) is 12.1. The summed E-state index contributed by atoms with van der Waals surface area (Å²) in [6.45, 7) is 3.29. The van der Waals surface area contributed by atoms with Crippen molar-refractivity contribution in [3.05, 3.63) is 48.0 Å². The van der Waals surface area contributed by atoms with Crippen LogP contribution in [0.2, 0.25) is 0 Å². The highest BCUT2D eigenvalue weighted by molar-refractivity contribution is 5.44. The largest absolute Gasteiger partial charge is 0.454 e. The van der Waals surface area contributed by atoms with Gasteiger partial charge in [-0.3, -0.25) is 0 Å². The molecule has 21 heavy (non-hydrogen) atoms. The predicted octanol–water partition coefficient (Wildman–Crippen LogP) is 2.32. The van der Waals surface area contributed by atoms with Crippen LogP contribution in [0.25, 0.3) is 0 Å². The zero-order chi connectivity index (χ0) is 14.5. The van der Waals surface area contributed by atoms with Crippen LogP contribution in [0.1, 0.15) is 24.6 Å². The van der Waals surface area contributed by atoms with Gasteiger partial charge in [-0.2, -0.15) is 0 Å². The summed E-state index contributed by atoms with van der Waals surface area (Å²) in [6, 6.07) is 8.50. The van der Waals surface area contributed by atoms with E-state index >= 15 is 0 Å². The summed E-state index contributed by atoms with van der Waals surface area (Å²) in [5.41, 5.74) is 2.29. The Morgan fingerprint density at radius 3 is 3.00 bits per heavy atom. The molecular weight excluding hydrogens is 266 g/mol. The number of benzene rings is 1. The van der Waals surface area contributed by atoms with Crippen molar-refractivity contribution >= 4 is 0 Å². The molecule has 3 rings (SSSR count). The molecule has 1 N–H and O–H groups in total. The van der Waals surface area contributed by atoms with E-state index in [1.807, 2.05) is 12.1 Å². The van der Waals surface area contributed by atoms with Gasteiger partial charge >= 0.3 is 0 Å². The van der Waals surface area contributed by atoms with Gasteiger partial charge in [0.05, 0.1) is 5.69 Å². The summed E-state index contributed by atoms with van der Waals surface area (Å²) in [5, 5.41) is 3.48. The number of hydrogen-bond donors (Lipinski definition) is 1. The van der Waals surface area contributed by atoms with Crippen LogP contribution in [0.3, 0.4) is 0 Å². The maximum absolute atomic E-state index is 5.40. The fraction of sp³-hybridized carbons (Fsp3) is 0.375.